The molecule has 1 aliphatic rings. The van der Waals surface area contributed by atoms with Crippen molar-refractivity contribution >= 4 is 29.9 Å². The van der Waals surface area contributed by atoms with Gasteiger partial charge in [-0.3, -0.25) is 4.79 Å². The van der Waals surface area contributed by atoms with E-state index in [1.54, 1.807) is 0 Å². The van der Waals surface area contributed by atoms with E-state index in [1.165, 1.54) is 0 Å². The van der Waals surface area contributed by atoms with Crippen molar-refractivity contribution in [2.75, 3.05) is 13.1 Å². The Kier molecular flexibility index (Phi) is 5.25. The summed E-state index contributed by atoms with van der Waals surface area (Å²) in [4.78, 5) is 14.4. The lowest BCUT2D eigenvalue weighted by Crippen LogP contribution is -2.43. The molecule has 0 radical (unpaired) electrons. The average Bonchev–Trinajstić information content (AvgIpc) is 2.74. The number of hydrogen-bond donors (Lipinski definition) is 1. The Labute approximate surface area is 125 Å². The van der Waals surface area contributed by atoms with Gasteiger partial charge in [-0.25, -0.2) is 0 Å². The minimum atomic E-state index is -0.561. The first-order valence-corrected chi connectivity index (χ1v) is 6.60. The number of hydrogen-bond acceptors (Lipinski definition) is 2. The number of nitrogens with zero attached hydrogens (tertiary/aromatic N) is 1. The number of rotatable bonds is 2. The summed E-state index contributed by atoms with van der Waals surface area (Å²) in [6.07, 6.45) is 0.886. The molecule has 2 N–H and O–H groups in total. The molecule has 0 spiro atoms. The maximum atomic E-state index is 12.6. The van der Waals surface area contributed by atoms with Gasteiger partial charge in [-0.15, -0.1) is 12.4 Å². The second kappa shape index (κ2) is 6.12. The minimum Gasteiger partial charge on any atom is -0.340 e. The smallest absolute Gasteiger partial charge is 0.232 e. The van der Waals surface area contributed by atoms with Crippen molar-refractivity contribution in [3.63, 3.8) is 0 Å². The summed E-state index contributed by atoms with van der Waals surface area (Å²) in [5.74, 6) is 0.123. The summed E-state index contributed by atoms with van der Waals surface area (Å²) in [7, 11) is 0. The molecule has 1 amide bonds. The van der Waals surface area contributed by atoms with Gasteiger partial charge in [-0.05, 0) is 38.0 Å². The topological polar surface area (TPSA) is 46.3 Å². The quantitative estimate of drug-likeness (QED) is 0.913. The molecule has 0 bridgehead atoms. The SMILES string of the molecule is CC(C)(C(=O)N1CC[C@@H](N)C1)c1cccc(Cl)c1.Cl. The van der Waals surface area contributed by atoms with E-state index in [0.717, 1.165) is 18.5 Å². The lowest BCUT2D eigenvalue weighted by Gasteiger charge is -2.29. The van der Waals surface area contributed by atoms with Crippen LogP contribution in [-0.2, 0) is 10.2 Å². The number of halogens is 2. The molecule has 1 atom stereocenters. The number of carbonyl (C=O) groups is 1. The maximum absolute atomic E-state index is 12.6. The number of amides is 1. The van der Waals surface area contributed by atoms with Crippen LogP contribution >= 0.6 is 24.0 Å². The Morgan fingerprint density at radius 3 is 2.68 bits per heavy atom. The van der Waals surface area contributed by atoms with Gasteiger partial charge in [0.15, 0.2) is 0 Å². The molecule has 1 aromatic rings. The third-order valence-corrected chi connectivity index (χ3v) is 3.83. The lowest BCUT2D eigenvalue weighted by molar-refractivity contribution is -0.135. The first kappa shape index (κ1) is 16.3. The van der Waals surface area contributed by atoms with Crippen LogP contribution in [0.15, 0.2) is 24.3 Å². The van der Waals surface area contributed by atoms with E-state index in [1.807, 2.05) is 43.0 Å². The molecule has 5 heteroatoms. The molecule has 1 heterocycles. The van der Waals surface area contributed by atoms with E-state index in [-0.39, 0.29) is 24.4 Å². The number of carbonyl (C=O) groups excluding carboxylic acids is 1. The summed E-state index contributed by atoms with van der Waals surface area (Å²) >= 11 is 5.99. The fourth-order valence-corrected chi connectivity index (χ4v) is 2.56. The molecule has 0 unspecified atom stereocenters. The van der Waals surface area contributed by atoms with Gasteiger partial charge in [0, 0.05) is 24.2 Å². The van der Waals surface area contributed by atoms with E-state index in [0.29, 0.717) is 11.6 Å². The molecule has 3 nitrogen and oxygen atoms in total. The Bertz CT molecular complexity index is 463. The van der Waals surface area contributed by atoms with Crippen LogP contribution in [0.3, 0.4) is 0 Å². The van der Waals surface area contributed by atoms with Crippen molar-refractivity contribution in [1.29, 1.82) is 0 Å². The minimum absolute atomic E-state index is 0. The Morgan fingerprint density at radius 2 is 2.16 bits per heavy atom. The van der Waals surface area contributed by atoms with E-state index in [2.05, 4.69) is 0 Å². The van der Waals surface area contributed by atoms with Crippen LogP contribution in [-0.4, -0.2) is 29.9 Å². The van der Waals surface area contributed by atoms with Crippen LogP contribution < -0.4 is 5.73 Å². The van der Waals surface area contributed by atoms with Crippen LogP contribution in [0.4, 0.5) is 0 Å². The van der Waals surface area contributed by atoms with E-state index < -0.39 is 5.41 Å². The highest BCUT2D eigenvalue weighted by Crippen LogP contribution is 2.29. The van der Waals surface area contributed by atoms with Crippen molar-refractivity contribution in [3.8, 4) is 0 Å². The monoisotopic (exact) mass is 302 g/mol. The predicted molar refractivity (Wildman–Crippen MR) is 80.9 cm³/mol. The van der Waals surface area contributed by atoms with Gasteiger partial charge >= 0.3 is 0 Å². The van der Waals surface area contributed by atoms with Gasteiger partial charge < -0.3 is 10.6 Å². The molecular formula is C14H20Cl2N2O. The summed E-state index contributed by atoms with van der Waals surface area (Å²) in [6.45, 7) is 5.28. The Balaban J connectivity index is 0.00000180. The molecular weight excluding hydrogens is 283 g/mol. The van der Waals surface area contributed by atoms with Gasteiger partial charge in [0.25, 0.3) is 0 Å². The normalized spacial score (nSPS) is 19.2. The second-order valence-corrected chi connectivity index (χ2v) is 5.87. The predicted octanol–water partition coefficient (Wildman–Crippen LogP) is 2.60. The molecule has 1 fully saturated rings. The lowest BCUT2D eigenvalue weighted by atomic mass is 9.83. The highest BCUT2D eigenvalue weighted by atomic mass is 35.5. The molecule has 0 aromatic heterocycles. The van der Waals surface area contributed by atoms with E-state index in [4.69, 9.17) is 17.3 Å². The molecule has 2 rings (SSSR count). The Morgan fingerprint density at radius 1 is 1.47 bits per heavy atom. The standard InChI is InChI=1S/C14H19ClN2O.ClH/c1-14(2,10-4-3-5-11(15)8-10)13(18)17-7-6-12(16)9-17;/h3-5,8,12H,6-7,9,16H2,1-2H3;1H/t12-;/m1./s1. The van der Waals surface area contributed by atoms with Gasteiger partial charge in [-0.2, -0.15) is 0 Å². The number of nitrogens with two attached hydrogens (primary N) is 1. The zero-order chi connectivity index (χ0) is 13.3. The van der Waals surface area contributed by atoms with Crippen molar-refractivity contribution < 1.29 is 4.79 Å². The van der Waals surface area contributed by atoms with Crippen molar-refractivity contribution in [1.82, 2.24) is 4.90 Å². The first-order chi connectivity index (χ1) is 8.41. The summed E-state index contributed by atoms with van der Waals surface area (Å²) < 4.78 is 0. The largest absolute Gasteiger partial charge is 0.340 e. The van der Waals surface area contributed by atoms with Crippen molar-refractivity contribution in [3.05, 3.63) is 34.9 Å². The highest BCUT2D eigenvalue weighted by Gasteiger charge is 2.36. The highest BCUT2D eigenvalue weighted by molar-refractivity contribution is 6.30. The van der Waals surface area contributed by atoms with Crippen molar-refractivity contribution in [2.24, 2.45) is 5.73 Å². The zero-order valence-corrected chi connectivity index (χ0v) is 12.8. The molecule has 1 saturated heterocycles. The van der Waals surface area contributed by atoms with Gasteiger partial charge in [0.05, 0.1) is 5.41 Å². The third-order valence-electron chi connectivity index (χ3n) is 3.59. The number of benzene rings is 1. The molecule has 0 aliphatic carbocycles. The third kappa shape index (κ3) is 3.41. The van der Waals surface area contributed by atoms with Crippen LogP contribution in [0.5, 0.6) is 0 Å². The summed E-state index contributed by atoms with van der Waals surface area (Å²) in [6, 6.07) is 7.61. The molecule has 19 heavy (non-hydrogen) atoms. The number of likely N-dealkylation sites (tertiary alicyclic amines) is 1. The van der Waals surface area contributed by atoms with Gasteiger partial charge in [0.1, 0.15) is 0 Å². The maximum Gasteiger partial charge on any atom is 0.232 e. The fraction of sp³-hybridized carbons (Fsp3) is 0.500. The first-order valence-electron chi connectivity index (χ1n) is 6.22. The zero-order valence-electron chi connectivity index (χ0n) is 11.2. The van der Waals surface area contributed by atoms with E-state index in [9.17, 15) is 4.79 Å². The van der Waals surface area contributed by atoms with Crippen molar-refractivity contribution in [2.45, 2.75) is 31.7 Å². The second-order valence-electron chi connectivity index (χ2n) is 5.44. The molecule has 106 valence electrons. The summed E-state index contributed by atoms with van der Waals surface area (Å²) in [5.41, 5.74) is 6.24. The molecule has 0 saturated carbocycles. The van der Waals surface area contributed by atoms with Crippen LogP contribution in [0.2, 0.25) is 5.02 Å². The van der Waals surface area contributed by atoms with Crippen LogP contribution in [0.25, 0.3) is 0 Å². The molecule has 1 aromatic carbocycles. The summed E-state index contributed by atoms with van der Waals surface area (Å²) in [5, 5.41) is 0.659. The van der Waals surface area contributed by atoms with E-state index >= 15 is 0 Å². The Hall–Kier alpha value is -0.770. The van der Waals surface area contributed by atoms with Crippen LogP contribution in [0, 0.1) is 0 Å². The fourth-order valence-electron chi connectivity index (χ4n) is 2.37. The molecule has 1 aliphatic heterocycles. The van der Waals surface area contributed by atoms with Gasteiger partial charge in [-0.1, -0.05) is 23.7 Å². The van der Waals surface area contributed by atoms with Crippen LogP contribution in [0.1, 0.15) is 25.8 Å². The average molecular weight is 303 g/mol. The van der Waals surface area contributed by atoms with Gasteiger partial charge in [0.2, 0.25) is 5.91 Å².